The lowest BCUT2D eigenvalue weighted by atomic mass is 10.1. The summed E-state index contributed by atoms with van der Waals surface area (Å²) >= 11 is 0. The van der Waals surface area contributed by atoms with E-state index in [0.29, 0.717) is 5.69 Å². The van der Waals surface area contributed by atoms with Gasteiger partial charge in [-0.05, 0) is 31.5 Å². The number of carbonyl (C=O) groups is 1. The Kier molecular flexibility index (Phi) is 2.10. The molecule has 5 heteroatoms. The molecule has 0 aliphatic heterocycles. The summed E-state index contributed by atoms with van der Waals surface area (Å²) in [5, 5.41) is 10.8. The van der Waals surface area contributed by atoms with Crippen molar-refractivity contribution < 1.29 is 9.90 Å². The van der Waals surface area contributed by atoms with E-state index < -0.39 is 5.97 Å². The average Bonchev–Trinajstić information content (AvgIpc) is 2.68. The van der Waals surface area contributed by atoms with Crippen molar-refractivity contribution in [1.29, 1.82) is 0 Å². The molecule has 90 valence electrons. The SMILES string of the molecule is Cc1cnc2[nH]c3c(C)nc(C(=O)O)cc3c2c1. The number of carboxylic acids is 1. The highest BCUT2D eigenvalue weighted by Crippen LogP contribution is 2.26. The van der Waals surface area contributed by atoms with E-state index in [9.17, 15) is 4.79 Å². The number of rotatable bonds is 1. The van der Waals surface area contributed by atoms with E-state index in [1.54, 1.807) is 19.2 Å². The van der Waals surface area contributed by atoms with Crippen LogP contribution in [0.25, 0.3) is 21.9 Å². The highest BCUT2D eigenvalue weighted by Gasteiger charge is 2.13. The first-order chi connectivity index (χ1) is 8.56. The summed E-state index contributed by atoms with van der Waals surface area (Å²) in [6.07, 6.45) is 1.78. The molecule has 3 aromatic rings. The van der Waals surface area contributed by atoms with Crippen LogP contribution in [0.2, 0.25) is 0 Å². The lowest BCUT2D eigenvalue weighted by Gasteiger charge is -1.99. The Hall–Kier alpha value is -2.43. The van der Waals surface area contributed by atoms with Crippen molar-refractivity contribution in [1.82, 2.24) is 15.0 Å². The fraction of sp³-hybridized carbons (Fsp3) is 0.154. The molecule has 0 atom stereocenters. The van der Waals surface area contributed by atoms with E-state index >= 15 is 0 Å². The minimum atomic E-state index is -1.02. The molecule has 0 fully saturated rings. The number of aromatic carboxylic acids is 1. The van der Waals surface area contributed by atoms with Gasteiger partial charge in [0.1, 0.15) is 11.3 Å². The fourth-order valence-electron chi connectivity index (χ4n) is 2.14. The number of H-pyrrole nitrogens is 1. The van der Waals surface area contributed by atoms with Crippen LogP contribution in [0.15, 0.2) is 18.3 Å². The molecule has 3 aromatic heterocycles. The maximum absolute atomic E-state index is 11.0. The molecule has 0 aromatic carbocycles. The van der Waals surface area contributed by atoms with Crippen molar-refractivity contribution in [3.63, 3.8) is 0 Å². The summed E-state index contributed by atoms with van der Waals surface area (Å²) in [6, 6.07) is 3.58. The second-order valence-corrected chi connectivity index (χ2v) is 4.35. The molecule has 3 heterocycles. The van der Waals surface area contributed by atoms with E-state index in [1.165, 1.54) is 0 Å². The van der Waals surface area contributed by atoms with Crippen LogP contribution in [0.5, 0.6) is 0 Å². The third kappa shape index (κ3) is 1.44. The second kappa shape index (κ2) is 3.53. The predicted molar refractivity (Wildman–Crippen MR) is 67.8 cm³/mol. The molecule has 0 bridgehead atoms. The number of aromatic amines is 1. The number of nitrogens with zero attached hydrogens (tertiary/aromatic N) is 2. The Labute approximate surface area is 102 Å². The largest absolute Gasteiger partial charge is 0.477 e. The zero-order chi connectivity index (χ0) is 12.9. The Bertz CT molecular complexity index is 790. The summed E-state index contributed by atoms with van der Waals surface area (Å²) in [5.74, 6) is -1.02. The number of hydrogen-bond donors (Lipinski definition) is 2. The van der Waals surface area contributed by atoms with Gasteiger partial charge < -0.3 is 10.1 Å². The van der Waals surface area contributed by atoms with Crippen LogP contribution >= 0.6 is 0 Å². The lowest BCUT2D eigenvalue weighted by molar-refractivity contribution is 0.0690. The van der Waals surface area contributed by atoms with Crippen molar-refractivity contribution >= 4 is 27.9 Å². The zero-order valence-electron chi connectivity index (χ0n) is 9.98. The summed E-state index contributed by atoms with van der Waals surface area (Å²) in [7, 11) is 0. The van der Waals surface area contributed by atoms with E-state index in [0.717, 1.165) is 27.5 Å². The van der Waals surface area contributed by atoms with Gasteiger partial charge in [-0.3, -0.25) is 0 Å². The standard InChI is InChI=1S/C13H11N3O2/c1-6-3-9-8-4-10(13(17)18)15-7(2)11(8)16-12(9)14-5-6/h3-5H,1-2H3,(H,14,16)(H,17,18). The Morgan fingerprint density at radius 2 is 2.06 bits per heavy atom. The normalized spacial score (nSPS) is 11.2. The highest BCUT2D eigenvalue weighted by atomic mass is 16.4. The molecule has 0 aliphatic rings. The molecule has 2 N–H and O–H groups in total. The van der Waals surface area contributed by atoms with Gasteiger partial charge in [-0.2, -0.15) is 0 Å². The fourth-order valence-corrected chi connectivity index (χ4v) is 2.14. The average molecular weight is 241 g/mol. The lowest BCUT2D eigenvalue weighted by Crippen LogP contribution is -2.01. The van der Waals surface area contributed by atoms with E-state index in [4.69, 9.17) is 5.11 Å². The van der Waals surface area contributed by atoms with E-state index in [1.807, 2.05) is 13.0 Å². The number of hydrogen-bond acceptors (Lipinski definition) is 3. The molecule has 3 rings (SSSR count). The third-order valence-corrected chi connectivity index (χ3v) is 2.98. The van der Waals surface area contributed by atoms with Crippen LogP contribution in [-0.4, -0.2) is 26.0 Å². The van der Waals surface area contributed by atoms with Gasteiger partial charge in [-0.15, -0.1) is 0 Å². The molecule has 0 saturated heterocycles. The summed E-state index contributed by atoms with van der Waals surface area (Å²) in [4.78, 5) is 22.6. The minimum absolute atomic E-state index is 0.0578. The van der Waals surface area contributed by atoms with Crippen molar-refractivity contribution in [2.45, 2.75) is 13.8 Å². The first-order valence-electron chi connectivity index (χ1n) is 5.55. The quantitative estimate of drug-likeness (QED) is 0.685. The molecule has 0 aliphatic carbocycles. The van der Waals surface area contributed by atoms with Crippen LogP contribution < -0.4 is 0 Å². The number of carboxylic acid groups (broad SMARTS) is 1. The van der Waals surface area contributed by atoms with Crippen LogP contribution in [0, 0.1) is 13.8 Å². The Balaban J connectivity index is 2.49. The number of fused-ring (bicyclic) bond motifs is 3. The molecular formula is C13H11N3O2. The highest BCUT2D eigenvalue weighted by molar-refractivity contribution is 6.08. The van der Waals surface area contributed by atoms with Crippen LogP contribution in [0.1, 0.15) is 21.7 Å². The molecule has 5 nitrogen and oxygen atoms in total. The molecule has 0 radical (unpaired) electrons. The second-order valence-electron chi connectivity index (χ2n) is 4.35. The molecule has 0 unspecified atom stereocenters. The van der Waals surface area contributed by atoms with Gasteiger partial charge in [0.15, 0.2) is 0 Å². The van der Waals surface area contributed by atoms with Crippen molar-refractivity contribution in [3.8, 4) is 0 Å². The van der Waals surface area contributed by atoms with Gasteiger partial charge in [0, 0.05) is 17.0 Å². The Morgan fingerprint density at radius 1 is 1.28 bits per heavy atom. The predicted octanol–water partition coefficient (Wildman–Crippen LogP) is 2.43. The number of nitrogens with one attached hydrogen (secondary N) is 1. The number of aryl methyl sites for hydroxylation is 2. The topological polar surface area (TPSA) is 78.9 Å². The molecule has 0 spiro atoms. The first-order valence-corrected chi connectivity index (χ1v) is 5.55. The van der Waals surface area contributed by atoms with Crippen molar-refractivity contribution in [2.75, 3.05) is 0 Å². The monoisotopic (exact) mass is 241 g/mol. The number of aromatic nitrogens is 3. The maximum atomic E-state index is 11.0. The molecular weight excluding hydrogens is 230 g/mol. The van der Waals surface area contributed by atoms with Gasteiger partial charge in [-0.1, -0.05) is 0 Å². The van der Waals surface area contributed by atoms with Crippen LogP contribution in [-0.2, 0) is 0 Å². The van der Waals surface area contributed by atoms with Gasteiger partial charge in [0.05, 0.1) is 11.2 Å². The number of pyridine rings is 2. The van der Waals surface area contributed by atoms with Crippen molar-refractivity contribution in [2.24, 2.45) is 0 Å². The van der Waals surface area contributed by atoms with Crippen LogP contribution in [0.4, 0.5) is 0 Å². The minimum Gasteiger partial charge on any atom is -0.477 e. The van der Waals surface area contributed by atoms with Gasteiger partial charge in [0.2, 0.25) is 0 Å². The summed E-state index contributed by atoms with van der Waals surface area (Å²) in [5.41, 5.74) is 3.36. The van der Waals surface area contributed by atoms with Gasteiger partial charge in [-0.25, -0.2) is 14.8 Å². The first kappa shape index (κ1) is 10.7. The summed E-state index contributed by atoms with van der Waals surface area (Å²) in [6.45, 7) is 3.74. The molecule has 0 amide bonds. The molecule has 0 saturated carbocycles. The smallest absolute Gasteiger partial charge is 0.354 e. The van der Waals surface area contributed by atoms with Gasteiger partial charge in [0.25, 0.3) is 0 Å². The van der Waals surface area contributed by atoms with E-state index in [2.05, 4.69) is 15.0 Å². The summed E-state index contributed by atoms with van der Waals surface area (Å²) < 4.78 is 0. The van der Waals surface area contributed by atoms with E-state index in [-0.39, 0.29) is 5.69 Å². The zero-order valence-corrected chi connectivity index (χ0v) is 9.98. The molecule has 18 heavy (non-hydrogen) atoms. The van der Waals surface area contributed by atoms with Crippen LogP contribution in [0.3, 0.4) is 0 Å². The Morgan fingerprint density at radius 3 is 2.78 bits per heavy atom. The van der Waals surface area contributed by atoms with Crippen molar-refractivity contribution in [3.05, 3.63) is 35.3 Å². The third-order valence-electron chi connectivity index (χ3n) is 2.98. The van der Waals surface area contributed by atoms with Gasteiger partial charge >= 0.3 is 5.97 Å². The maximum Gasteiger partial charge on any atom is 0.354 e.